The SMILES string of the molecule is FC(I)CC(F)CC(F)(C(F)(F)F)C(F)(F)F. The lowest BCUT2D eigenvalue weighted by molar-refractivity contribution is -0.346. The third-order valence-electron chi connectivity index (χ3n) is 1.84. The van der Waals surface area contributed by atoms with Crippen molar-refractivity contribution in [3.63, 3.8) is 0 Å². The van der Waals surface area contributed by atoms with Crippen molar-refractivity contribution in [3.05, 3.63) is 0 Å². The lowest BCUT2D eigenvalue weighted by Crippen LogP contribution is -2.54. The highest BCUT2D eigenvalue weighted by Gasteiger charge is 2.72. The lowest BCUT2D eigenvalue weighted by Gasteiger charge is -2.30. The maximum Gasteiger partial charge on any atom is 0.431 e. The third kappa shape index (κ3) is 4.36. The fourth-order valence-electron chi connectivity index (χ4n) is 0.974. The van der Waals surface area contributed by atoms with Crippen LogP contribution in [-0.2, 0) is 0 Å². The largest absolute Gasteiger partial charge is 0.431 e. The Morgan fingerprint density at radius 2 is 1.18 bits per heavy atom. The zero-order valence-electron chi connectivity index (χ0n) is 7.85. The molecule has 17 heavy (non-hydrogen) atoms. The van der Waals surface area contributed by atoms with E-state index in [0.717, 1.165) is 22.6 Å². The molecule has 0 saturated carbocycles. The molecular formula is C7H6F9I. The molecule has 0 aromatic rings. The first-order chi connectivity index (χ1) is 7.31. The molecule has 0 fully saturated rings. The summed E-state index contributed by atoms with van der Waals surface area (Å²) >= 11 is 0.959. The van der Waals surface area contributed by atoms with Crippen LogP contribution in [0.1, 0.15) is 12.8 Å². The Kier molecular flexibility index (Phi) is 5.42. The van der Waals surface area contributed by atoms with Gasteiger partial charge in [-0.05, 0) is 22.6 Å². The Morgan fingerprint density at radius 3 is 1.41 bits per heavy atom. The van der Waals surface area contributed by atoms with Gasteiger partial charge in [0.25, 0.3) is 0 Å². The van der Waals surface area contributed by atoms with Gasteiger partial charge in [0.05, 0.1) is 0 Å². The van der Waals surface area contributed by atoms with Gasteiger partial charge in [-0.25, -0.2) is 13.2 Å². The monoisotopic (exact) mass is 388 g/mol. The molecule has 0 aliphatic rings. The van der Waals surface area contributed by atoms with E-state index < -0.39 is 41.2 Å². The van der Waals surface area contributed by atoms with E-state index in [-0.39, 0.29) is 0 Å². The number of hydrogen-bond acceptors (Lipinski definition) is 0. The first-order valence-corrected chi connectivity index (χ1v) is 5.30. The predicted molar refractivity (Wildman–Crippen MR) is 49.0 cm³/mol. The van der Waals surface area contributed by atoms with Crippen molar-refractivity contribution in [3.8, 4) is 0 Å². The zero-order chi connectivity index (χ0) is 14.1. The van der Waals surface area contributed by atoms with E-state index in [1.807, 2.05) is 0 Å². The molecule has 104 valence electrons. The highest BCUT2D eigenvalue weighted by molar-refractivity contribution is 14.1. The van der Waals surface area contributed by atoms with E-state index >= 15 is 0 Å². The summed E-state index contributed by atoms with van der Waals surface area (Å²) in [5.41, 5.74) is -5.66. The van der Waals surface area contributed by atoms with Crippen molar-refractivity contribution >= 4 is 22.6 Å². The smallest absolute Gasteiger partial charge is 0.247 e. The summed E-state index contributed by atoms with van der Waals surface area (Å²) in [7, 11) is 0. The first-order valence-electron chi connectivity index (χ1n) is 4.06. The summed E-state index contributed by atoms with van der Waals surface area (Å²) in [5, 5.41) is 0. The summed E-state index contributed by atoms with van der Waals surface area (Å²) in [6.45, 7) is 0. The Hall–Kier alpha value is 0.1000. The van der Waals surface area contributed by atoms with Crippen LogP contribution in [0.5, 0.6) is 0 Å². The van der Waals surface area contributed by atoms with Crippen LogP contribution in [0.2, 0.25) is 0 Å². The van der Waals surface area contributed by atoms with Gasteiger partial charge in [0.1, 0.15) is 6.17 Å². The molecule has 0 bridgehead atoms. The van der Waals surface area contributed by atoms with E-state index in [9.17, 15) is 39.5 Å². The van der Waals surface area contributed by atoms with Crippen LogP contribution in [0.15, 0.2) is 0 Å². The van der Waals surface area contributed by atoms with Gasteiger partial charge >= 0.3 is 18.0 Å². The number of hydrogen-bond donors (Lipinski definition) is 0. The van der Waals surface area contributed by atoms with Crippen molar-refractivity contribution in [2.75, 3.05) is 0 Å². The lowest BCUT2D eigenvalue weighted by atomic mass is 9.96. The molecule has 2 atom stereocenters. The van der Waals surface area contributed by atoms with Crippen LogP contribution in [0.25, 0.3) is 0 Å². The molecule has 0 aromatic carbocycles. The van der Waals surface area contributed by atoms with Gasteiger partial charge in [-0.2, -0.15) is 26.3 Å². The standard InChI is InChI=1S/C7H6F9I/c8-3(1-4(9)17)2-5(10,6(11,12)13)7(14,15)16/h3-4H,1-2H2. The van der Waals surface area contributed by atoms with E-state index in [2.05, 4.69) is 0 Å². The van der Waals surface area contributed by atoms with Crippen molar-refractivity contribution in [1.29, 1.82) is 0 Å². The van der Waals surface area contributed by atoms with Gasteiger partial charge in [-0.3, -0.25) is 0 Å². The average molecular weight is 388 g/mol. The second kappa shape index (κ2) is 5.39. The van der Waals surface area contributed by atoms with Gasteiger partial charge in [0.15, 0.2) is 4.18 Å². The minimum absolute atomic E-state index is 0.959. The number of halogens is 10. The van der Waals surface area contributed by atoms with E-state index in [1.165, 1.54) is 0 Å². The molecule has 0 spiro atoms. The summed E-state index contributed by atoms with van der Waals surface area (Å²) in [4.78, 5) is 0. The van der Waals surface area contributed by atoms with Gasteiger partial charge < -0.3 is 0 Å². The topological polar surface area (TPSA) is 0 Å². The first kappa shape index (κ1) is 17.1. The molecule has 0 radical (unpaired) electrons. The fourth-order valence-corrected chi connectivity index (χ4v) is 1.53. The molecule has 0 N–H and O–H groups in total. The van der Waals surface area contributed by atoms with Crippen LogP contribution >= 0.6 is 22.6 Å². The minimum atomic E-state index is -6.30. The van der Waals surface area contributed by atoms with Crippen LogP contribution in [0, 0.1) is 0 Å². The Morgan fingerprint density at radius 1 is 0.824 bits per heavy atom. The van der Waals surface area contributed by atoms with E-state index in [0.29, 0.717) is 0 Å². The molecule has 0 aromatic heterocycles. The zero-order valence-corrected chi connectivity index (χ0v) is 10.0. The quantitative estimate of drug-likeness (QED) is 0.373. The summed E-state index contributed by atoms with van der Waals surface area (Å²) in [6, 6.07) is 0. The fraction of sp³-hybridized carbons (Fsp3) is 1.00. The summed E-state index contributed by atoms with van der Waals surface area (Å²) in [6.07, 6.45) is -19.2. The van der Waals surface area contributed by atoms with E-state index in [1.54, 1.807) is 0 Å². The summed E-state index contributed by atoms with van der Waals surface area (Å²) in [5.74, 6) is 0. The Balaban J connectivity index is 4.99. The molecule has 0 amide bonds. The predicted octanol–water partition coefficient (Wildman–Crippen LogP) is 4.67. The highest BCUT2D eigenvalue weighted by Crippen LogP contribution is 2.49. The normalized spacial score (nSPS) is 18.0. The number of alkyl halides is 10. The Bertz CT molecular complexity index is 229. The van der Waals surface area contributed by atoms with Crippen molar-refractivity contribution in [1.82, 2.24) is 0 Å². The maximum absolute atomic E-state index is 12.9. The van der Waals surface area contributed by atoms with Crippen LogP contribution in [0.3, 0.4) is 0 Å². The van der Waals surface area contributed by atoms with Crippen molar-refractivity contribution in [2.45, 2.75) is 41.2 Å². The molecular weight excluding hydrogens is 382 g/mol. The van der Waals surface area contributed by atoms with Gasteiger partial charge in [-0.15, -0.1) is 0 Å². The van der Waals surface area contributed by atoms with Crippen LogP contribution in [-0.4, -0.2) is 28.4 Å². The van der Waals surface area contributed by atoms with Gasteiger partial charge in [0, 0.05) is 12.8 Å². The average Bonchev–Trinajstić information content (AvgIpc) is 1.97. The van der Waals surface area contributed by atoms with Crippen molar-refractivity contribution in [2.24, 2.45) is 0 Å². The second-order valence-corrected chi connectivity index (χ2v) is 4.58. The minimum Gasteiger partial charge on any atom is -0.247 e. The molecule has 0 nitrogen and oxygen atoms in total. The number of rotatable bonds is 4. The Labute approximate surface area is 104 Å². The molecule has 0 aliphatic carbocycles. The summed E-state index contributed by atoms with van der Waals surface area (Å²) < 4.78 is 107. The third-order valence-corrected chi connectivity index (χ3v) is 2.34. The van der Waals surface area contributed by atoms with Crippen LogP contribution < -0.4 is 0 Å². The molecule has 10 heteroatoms. The molecule has 0 heterocycles. The highest BCUT2D eigenvalue weighted by atomic mass is 127. The van der Waals surface area contributed by atoms with Crippen LogP contribution in [0.4, 0.5) is 39.5 Å². The molecule has 2 unspecified atom stereocenters. The molecule has 0 rings (SSSR count). The maximum atomic E-state index is 12.9. The second-order valence-electron chi connectivity index (χ2n) is 3.22. The molecule has 0 aliphatic heterocycles. The molecule has 0 saturated heterocycles. The van der Waals surface area contributed by atoms with Gasteiger partial charge in [-0.1, -0.05) is 0 Å². The van der Waals surface area contributed by atoms with Crippen molar-refractivity contribution < 1.29 is 39.5 Å². The van der Waals surface area contributed by atoms with E-state index in [4.69, 9.17) is 0 Å². The van der Waals surface area contributed by atoms with Gasteiger partial charge in [0.2, 0.25) is 0 Å².